The van der Waals surface area contributed by atoms with Crippen molar-refractivity contribution in [2.45, 2.75) is 31.9 Å². The Labute approximate surface area is 185 Å². The zero-order valence-electron chi connectivity index (χ0n) is 17.6. The average molecular weight is 432 g/mol. The highest BCUT2D eigenvalue weighted by Gasteiger charge is 2.24. The molecule has 1 atom stereocenters. The van der Waals surface area contributed by atoms with Gasteiger partial charge in [-0.2, -0.15) is 0 Å². The summed E-state index contributed by atoms with van der Waals surface area (Å²) in [6.07, 6.45) is 8.28. The molecule has 1 unspecified atom stereocenters. The highest BCUT2D eigenvalue weighted by atomic mass is 16.5. The molecule has 5 rings (SSSR count). The third kappa shape index (κ3) is 4.40. The predicted octanol–water partition coefficient (Wildman–Crippen LogP) is 2.12. The van der Waals surface area contributed by atoms with Crippen molar-refractivity contribution in [3.05, 3.63) is 76.4 Å². The number of nitrogens with one attached hydrogen (secondary N) is 2. The van der Waals surface area contributed by atoms with Gasteiger partial charge < -0.3 is 20.1 Å². The van der Waals surface area contributed by atoms with Crippen LogP contribution >= 0.6 is 0 Å². The average Bonchev–Trinajstić information content (AvgIpc) is 3.49. The maximum atomic E-state index is 12.6. The molecule has 3 aliphatic rings. The minimum absolute atomic E-state index is 0.152. The lowest BCUT2D eigenvalue weighted by Gasteiger charge is -2.16. The topological polar surface area (TPSA) is 102 Å². The zero-order chi connectivity index (χ0) is 21.9. The number of fused-ring (bicyclic) bond motifs is 2. The van der Waals surface area contributed by atoms with Crippen LogP contribution in [0.3, 0.4) is 0 Å². The fraction of sp³-hybridized carbons (Fsp3) is 0.333. The van der Waals surface area contributed by atoms with Crippen LogP contribution in [0.2, 0.25) is 0 Å². The lowest BCUT2D eigenvalue weighted by atomic mass is 9.96. The van der Waals surface area contributed by atoms with Crippen LogP contribution in [0, 0.1) is 0 Å². The fourth-order valence-electron chi connectivity index (χ4n) is 4.15. The Morgan fingerprint density at radius 1 is 1.00 bits per heavy atom. The van der Waals surface area contributed by atoms with Gasteiger partial charge in [0.15, 0.2) is 0 Å². The molecule has 8 nitrogen and oxygen atoms in total. The maximum Gasteiger partial charge on any atom is 0.270 e. The molecule has 164 valence electrons. The van der Waals surface area contributed by atoms with Gasteiger partial charge in [0.2, 0.25) is 0 Å². The molecule has 2 N–H and O–H groups in total. The number of nitrogens with zero attached hydrogens (tertiary/aromatic N) is 2. The summed E-state index contributed by atoms with van der Waals surface area (Å²) in [5.41, 5.74) is 4.79. The summed E-state index contributed by atoms with van der Waals surface area (Å²) in [7, 11) is 0. The number of rotatable bonds is 6. The third-order valence-corrected chi connectivity index (χ3v) is 5.88. The largest absolute Gasteiger partial charge is 0.493 e. The summed E-state index contributed by atoms with van der Waals surface area (Å²) in [4.78, 5) is 33.2. The smallest absolute Gasteiger partial charge is 0.270 e. The monoisotopic (exact) mass is 432 g/mol. The van der Waals surface area contributed by atoms with E-state index in [2.05, 4.69) is 32.8 Å². The number of hydrogen-bond acceptors (Lipinski definition) is 6. The molecule has 1 aliphatic carbocycles. The molecule has 0 saturated carbocycles. The zero-order valence-corrected chi connectivity index (χ0v) is 17.6. The molecule has 1 fully saturated rings. The van der Waals surface area contributed by atoms with Gasteiger partial charge in [-0.15, -0.1) is 0 Å². The Morgan fingerprint density at radius 3 is 2.66 bits per heavy atom. The van der Waals surface area contributed by atoms with Crippen LogP contribution in [0.25, 0.3) is 0 Å². The number of benzene rings is 1. The van der Waals surface area contributed by atoms with Crippen molar-refractivity contribution in [1.29, 1.82) is 0 Å². The molecule has 0 radical (unpaired) electrons. The van der Waals surface area contributed by atoms with Gasteiger partial charge in [-0.25, -0.2) is 9.97 Å². The summed E-state index contributed by atoms with van der Waals surface area (Å²) < 4.78 is 11.1. The molecule has 0 spiro atoms. The molecular formula is C24H24N4O4. The minimum atomic E-state index is -0.356. The van der Waals surface area contributed by atoms with Crippen molar-refractivity contribution in [1.82, 2.24) is 20.6 Å². The van der Waals surface area contributed by atoms with Gasteiger partial charge >= 0.3 is 0 Å². The van der Waals surface area contributed by atoms with E-state index in [0.29, 0.717) is 19.7 Å². The van der Waals surface area contributed by atoms with E-state index in [0.717, 1.165) is 48.3 Å². The summed E-state index contributed by atoms with van der Waals surface area (Å²) in [6, 6.07) is 7.30. The van der Waals surface area contributed by atoms with E-state index in [1.807, 2.05) is 18.2 Å². The van der Waals surface area contributed by atoms with Gasteiger partial charge in [-0.3, -0.25) is 9.59 Å². The highest BCUT2D eigenvalue weighted by Crippen LogP contribution is 2.28. The number of hydrogen-bond donors (Lipinski definition) is 2. The van der Waals surface area contributed by atoms with Gasteiger partial charge in [0.05, 0.1) is 19.3 Å². The summed E-state index contributed by atoms with van der Waals surface area (Å²) in [5.74, 6) is 0.206. The molecule has 1 saturated heterocycles. The van der Waals surface area contributed by atoms with Gasteiger partial charge in [0.25, 0.3) is 11.8 Å². The quantitative estimate of drug-likeness (QED) is 0.725. The first-order valence-electron chi connectivity index (χ1n) is 10.8. The second-order valence-corrected chi connectivity index (χ2v) is 8.04. The minimum Gasteiger partial charge on any atom is -0.493 e. The second kappa shape index (κ2) is 8.92. The lowest BCUT2D eigenvalue weighted by Crippen LogP contribution is -2.28. The Balaban J connectivity index is 1.17. The molecule has 0 bridgehead atoms. The van der Waals surface area contributed by atoms with Crippen molar-refractivity contribution in [2.75, 3.05) is 19.8 Å². The van der Waals surface area contributed by atoms with Gasteiger partial charge in [0, 0.05) is 25.6 Å². The van der Waals surface area contributed by atoms with E-state index in [-0.39, 0.29) is 29.3 Å². The van der Waals surface area contributed by atoms with Gasteiger partial charge in [0.1, 0.15) is 23.5 Å². The first kappa shape index (κ1) is 20.4. The standard InChI is InChI=1S/C24H24N4O4/c29-23(25-12-15-1-3-21-17(9-15)5-7-31-21)19-11-20(28-14-27-19)24(30)26-13-16-2-4-22-18(10-16)6-8-32-22/h1-3,9-11,14,22H,4-8,12-13H2,(H,25,29)(H,26,30). The van der Waals surface area contributed by atoms with Crippen molar-refractivity contribution in [3.8, 4) is 5.75 Å². The first-order valence-corrected chi connectivity index (χ1v) is 10.8. The van der Waals surface area contributed by atoms with E-state index in [1.165, 1.54) is 18.0 Å². The van der Waals surface area contributed by atoms with Gasteiger partial charge in [-0.1, -0.05) is 24.3 Å². The Hall–Kier alpha value is -3.52. The summed E-state index contributed by atoms with van der Waals surface area (Å²) >= 11 is 0. The predicted molar refractivity (Wildman–Crippen MR) is 116 cm³/mol. The van der Waals surface area contributed by atoms with E-state index in [9.17, 15) is 9.59 Å². The number of amides is 2. The van der Waals surface area contributed by atoms with E-state index in [1.54, 1.807) is 0 Å². The highest BCUT2D eigenvalue weighted by molar-refractivity contribution is 5.97. The SMILES string of the molecule is O=C(NCC1=CCC2OCCC2=C1)c1cc(C(=O)NCc2ccc3c(c2)CCO3)ncn1. The molecule has 8 heteroatoms. The molecular weight excluding hydrogens is 408 g/mol. The van der Waals surface area contributed by atoms with Crippen LogP contribution in [-0.4, -0.2) is 47.6 Å². The summed E-state index contributed by atoms with van der Waals surface area (Å²) in [5, 5.41) is 5.72. The van der Waals surface area contributed by atoms with Crippen molar-refractivity contribution < 1.29 is 19.1 Å². The van der Waals surface area contributed by atoms with Crippen LogP contribution in [-0.2, 0) is 17.7 Å². The molecule has 32 heavy (non-hydrogen) atoms. The first-order chi connectivity index (χ1) is 15.7. The maximum absolute atomic E-state index is 12.6. The van der Waals surface area contributed by atoms with E-state index < -0.39 is 0 Å². The Bertz CT molecular complexity index is 1120. The Morgan fingerprint density at radius 2 is 1.81 bits per heavy atom. The molecule has 2 amide bonds. The number of carbonyl (C=O) groups is 2. The van der Waals surface area contributed by atoms with Gasteiger partial charge in [-0.05, 0) is 41.2 Å². The molecule has 2 aliphatic heterocycles. The molecule has 2 aromatic rings. The van der Waals surface area contributed by atoms with Crippen LogP contribution in [0.5, 0.6) is 5.75 Å². The van der Waals surface area contributed by atoms with Crippen molar-refractivity contribution in [3.63, 3.8) is 0 Å². The van der Waals surface area contributed by atoms with Crippen LogP contribution in [0.1, 0.15) is 44.9 Å². The van der Waals surface area contributed by atoms with E-state index >= 15 is 0 Å². The number of aromatic nitrogens is 2. The Kier molecular flexibility index (Phi) is 5.68. The number of ether oxygens (including phenoxy) is 2. The number of carbonyl (C=O) groups excluding carboxylic acids is 2. The van der Waals surface area contributed by atoms with Crippen LogP contribution in [0.15, 0.2) is 53.9 Å². The lowest BCUT2D eigenvalue weighted by molar-refractivity contribution is 0.0945. The van der Waals surface area contributed by atoms with E-state index in [4.69, 9.17) is 9.47 Å². The normalized spacial score (nSPS) is 18.7. The molecule has 1 aromatic carbocycles. The fourth-order valence-corrected chi connectivity index (χ4v) is 4.15. The third-order valence-electron chi connectivity index (χ3n) is 5.88. The van der Waals surface area contributed by atoms with Crippen LogP contribution in [0.4, 0.5) is 0 Å². The van der Waals surface area contributed by atoms with Crippen molar-refractivity contribution >= 4 is 11.8 Å². The van der Waals surface area contributed by atoms with Crippen LogP contribution < -0.4 is 15.4 Å². The van der Waals surface area contributed by atoms with Crippen molar-refractivity contribution in [2.24, 2.45) is 0 Å². The molecule has 1 aromatic heterocycles. The molecule has 3 heterocycles. The summed E-state index contributed by atoms with van der Waals surface area (Å²) in [6.45, 7) is 2.23. The second-order valence-electron chi connectivity index (χ2n) is 8.04.